The van der Waals surface area contributed by atoms with Crippen LogP contribution in [0.25, 0.3) is 16.6 Å². The van der Waals surface area contributed by atoms with Crippen molar-refractivity contribution < 1.29 is 18.0 Å². The van der Waals surface area contributed by atoms with Crippen molar-refractivity contribution in [1.82, 2.24) is 14.9 Å². The Morgan fingerprint density at radius 2 is 1.82 bits per heavy atom. The second-order valence-electron chi connectivity index (χ2n) is 8.16. The number of aromatic nitrogens is 2. The minimum atomic E-state index is -4.56. The van der Waals surface area contributed by atoms with Gasteiger partial charge in [-0.2, -0.15) is 13.2 Å². The molecule has 3 rings (SSSR count). The highest BCUT2D eigenvalue weighted by molar-refractivity contribution is 8.00. The Labute approximate surface area is 194 Å². The molecule has 3 aromatic rings. The maximum Gasteiger partial charge on any atom is 0.416 e. The number of thioether (sulfide) groups is 1. The van der Waals surface area contributed by atoms with Crippen LogP contribution in [0.4, 0.5) is 13.2 Å². The summed E-state index contributed by atoms with van der Waals surface area (Å²) in [6, 6.07) is 11.1. The van der Waals surface area contributed by atoms with E-state index < -0.39 is 22.5 Å². The Morgan fingerprint density at radius 3 is 2.45 bits per heavy atom. The first-order valence-corrected chi connectivity index (χ1v) is 11.6. The number of nitrogens with zero attached hydrogens (tertiary/aromatic N) is 2. The smallest absolute Gasteiger partial charge is 0.352 e. The highest BCUT2D eigenvalue weighted by atomic mass is 32.2. The van der Waals surface area contributed by atoms with Gasteiger partial charge in [0.15, 0.2) is 5.16 Å². The van der Waals surface area contributed by atoms with E-state index in [2.05, 4.69) is 10.3 Å². The highest BCUT2D eigenvalue weighted by Gasteiger charge is 2.31. The van der Waals surface area contributed by atoms with Gasteiger partial charge < -0.3 is 5.32 Å². The fraction of sp³-hybridized carbons (Fsp3) is 0.375. The summed E-state index contributed by atoms with van der Waals surface area (Å²) in [5.74, 6) is 0.0280. The molecule has 1 heterocycles. The van der Waals surface area contributed by atoms with Crippen LogP contribution in [0.5, 0.6) is 0 Å². The fourth-order valence-electron chi connectivity index (χ4n) is 3.17. The van der Waals surface area contributed by atoms with Gasteiger partial charge in [0.2, 0.25) is 5.91 Å². The lowest BCUT2D eigenvalue weighted by molar-refractivity contribution is -0.137. The lowest BCUT2D eigenvalue weighted by Gasteiger charge is -2.22. The summed E-state index contributed by atoms with van der Waals surface area (Å²) in [5, 5.41) is 2.84. The van der Waals surface area contributed by atoms with E-state index >= 15 is 0 Å². The average Bonchev–Trinajstić information content (AvgIpc) is 2.76. The molecule has 9 heteroatoms. The Bertz CT molecular complexity index is 1210. The summed E-state index contributed by atoms with van der Waals surface area (Å²) in [5.41, 5.74) is -0.903. The lowest BCUT2D eigenvalue weighted by Crippen LogP contribution is -2.41. The lowest BCUT2D eigenvalue weighted by atomic mass is 10.1. The van der Waals surface area contributed by atoms with E-state index in [1.54, 1.807) is 24.3 Å². The molecule has 5 nitrogen and oxygen atoms in total. The number of para-hydroxylation sites is 1. The van der Waals surface area contributed by atoms with Crippen LogP contribution in [0, 0.1) is 5.92 Å². The molecule has 0 fully saturated rings. The molecule has 1 N–H and O–H groups in total. The number of halogens is 3. The topological polar surface area (TPSA) is 64.0 Å². The van der Waals surface area contributed by atoms with E-state index in [4.69, 9.17) is 0 Å². The number of carbonyl (C=O) groups excluding carboxylic acids is 1. The van der Waals surface area contributed by atoms with Gasteiger partial charge in [-0.3, -0.25) is 14.2 Å². The van der Waals surface area contributed by atoms with E-state index in [1.165, 1.54) is 12.1 Å². The third-order valence-corrected chi connectivity index (χ3v) is 6.77. The summed E-state index contributed by atoms with van der Waals surface area (Å²) in [4.78, 5) is 30.8. The van der Waals surface area contributed by atoms with Crippen LogP contribution >= 0.6 is 11.8 Å². The second-order valence-corrected chi connectivity index (χ2v) is 9.33. The molecule has 0 aliphatic carbocycles. The van der Waals surface area contributed by atoms with Crippen LogP contribution in [0.3, 0.4) is 0 Å². The van der Waals surface area contributed by atoms with E-state index in [-0.39, 0.29) is 34.1 Å². The van der Waals surface area contributed by atoms with Crippen LogP contribution in [-0.2, 0) is 11.0 Å². The van der Waals surface area contributed by atoms with Crippen LogP contribution in [0.15, 0.2) is 58.5 Å². The molecule has 0 aliphatic rings. The predicted molar refractivity (Wildman–Crippen MR) is 125 cm³/mol. The minimum Gasteiger partial charge on any atom is -0.352 e. The van der Waals surface area contributed by atoms with Gasteiger partial charge in [-0.15, -0.1) is 0 Å². The molecule has 1 aromatic heterocycles. The number of fused-ring (bicyclic) bond motifs is 1. The molecule has 0 spiro atoms. The molecule has 0 aliphatic heterocycles. The Morgan fingerprint density at radius 1 is 1.12 bits per heavy atom. The van der Waals surface area contributed by atoms with Gasteiger partial charge in [0.25, 0.3) is 5.56 Å². The zero-order valence-electron chi connectivity index (χ0n) is 18.8. The van der Waals surface area contributed by atoms with E-state index in [0.717, 1.165) is 28.5 Å². The maximum absolute atomic E-state index is 13.3. The second kappa shape index (κ2) is 9.99. The molecule has 0 bridgehead atoms. The van der Waals surface area contributed by atoms with Crippen molar-refractivity contribution >= 4 is 28.6 Å². The fourth-order valence-corrected chi connectivity index (χ4v) is 4.21. The van der Waals surface area contributed by atoms with Crippen LogP contribution < -0.4 is 10.9 Å². The summed E-state index contributed by atoms with van der Waals surface area (Å²) >= 11 is 1.07. The zero-order chi connectivity index (χ0) is 24.3. The van der Waals surface area contributed by atoms with Gasteiger partial charge in [-0.05, 0) is 49.6 Å². The van der Waals surface area contributed by atoms with Crippen LogP contribution in [0.2, 0.25) is 0 Å². The van der Waals surface area contributed by atoms with Gasteiger partial charge in [0, 0.05) is 6.04 Å². The SMILES string of the molecule is CCC(Sc1nc2ccccc2c(=O)n1-c1cccc(C(F)(F)F)c1)C(=O)NC(C)C(C)C. The minimum absolute atomic E-state index is 0.0430. The number of amides is 1. The standard InChI is InChI=1S/C24H26F3N3O2S/c1-5-20(21(31)28-15(4)14(2)3)33-23-29-19-12-7-6-11-18(19)22(32)30(23)17-10-8-9-16(13-17)24(25,26)27/h6-15,20H,5H2,1-4H3,(H,28,31). The van der Waals surface area contributed by atoms with Gasteiger partial charge in [-0.1, -0.05) is 50.7 Å². The predicted octanol–water partition coefficient (Wildman–Crippen LogP) is 5.44. The average molecular weight is 478 g/mol. The van der Waals surface area contributed by atoms with Crippen molar-refractivity contribution in [2.24, 2.45) is 5.92 Å². The number of benzene rings is 2. The monoisotopic (exact) mass is 477 g/mol. The van der Waals surface area contributed by atoms with Gasteiger partial charge in [-0.25, -0.2) is 4.98 Å². The van der Waals surface area contributed by atoms with Crippen molar-refractivity contribution in [2.75, 3.05) is 0 Å². The summed E-state index contributed by atoms with van der Waals surface area (Å²) in [6.07, 6.45) is -4.11. The molecule has 0 radical (unpaired) electrons. The molecule has 0 saturated carbocycles. The van der Waals surface area contributed by atoms with Crippen molar-refractivity contribution in [3.8, 4) is 5.69 Å². The first kappa shape index (κ1) is 24.8. The van der Waals surface area contributed by atoms with E-state index in [1.807, 2.05) is 27.7 Å². The van der Waals surface area contributed by atoms with Crippen LogP contribution in [0.1, 0.15) is 39.7 Å². The molecule has 176 valence electrons. The van der Waals surface area contributed by atoms with E-state index in [9.17, 15) is 22.8 Å². The molecule has 2 atom stereocenters. The number of hydrogen-bond donors (Lipinski definition) is 1. The molecule has 2 aromatic carbocycles. The maximum atomic E-state index is 13.3. The van der Waals surface area contributed by atoms with E-state index in [0.29, 0.717) is 11.9 Å². The summed E-state index contributed by atoms with van der Waals surface area (Å²) in [7, 11) is 0. The van der Waals surface area contributed by atoms with Gasteiger partial charge in [0.1, 0.15) is 0 Å². The van der Waals surface area contributed by atoms with Crippen molar-refractivity contribution in [3.63, 3.8) is 0 Å². The first-order valence-electron chi connectivity index (χ1n) is 10.7. The Kier molecular flexibility index (Phi) is 7.51. The third-order valence-electron chi connectivity index (χ3n) is 5.46. The Hall–Kier alpha value is -2.81. The van der Waals surface area contributed by atoms with Gasteiger partial charge >= 0.3 is 6.18 Å². The molecule has 0 saturated heterocycles. The van der Waals surface area contributed by atoms with Crippen molar-refractivity contribution in [3.05, 3.63) is 64.4 Å². The Balaban J connectivity index is 2.13. The zero-order valence-corrected chi connectivity index (χ0v) is 19.6. The van der Waals surface area contributed by atoms with Crippen molar-refractivity contribution in [1.29, 1.82) is 0 Å². The van der Waals surface area contributed by atoms with Crippen molar-refractivity contribution in [2.45, 2.75) is 56.7 Å². The third kappa shape index (κ3) is 5.58. The summed E-state index contributed by atoms with van der Waals surface area (Å²) < 4.78 is 41.2. The number of hydrogen-bond acceptors (Lipinski definition) is 4. The number of rotatable bonds is 7. The largest absolute Gasteiger partial charge is 0.416 e. The normalized spacial score (nSPS) is 13.8. The summed E-state index contributed by atoms with van der Waals surface area (Å²) in [6.45, 7) is 7.74. The molecule has 2 unspecified atom stereocenters. The van der Waals surface area contributed by atoms with Gasteiger partial charge in [0.05, 0.1) is 27.4 Å². The first-order chi connectivity index (χ1) is 15.5. The quantitative estimate of drug-likeness (QED) is 0.364. The van der Waals surface area contributed by atoms with Crippen LogP contribution in [-0.4, -0.2) is 26.8 Å². The molecular formula is C24H26F3N3O2S. The number of carbonyl (C=O) groups is 1. The molecular weight excluding hydrogens is 451 g/mol. The number of nitrogens with one attached hydrogen (secondary N) is 1. The number of alkyl halides is 3. The molecule has 33 heavy (non-hydrogen) atoms. The highest BCUT2D eigenvalue weighted by Crippen LogP contribution is 2.32. The molecule has 1 amide bonds.